The topological polar surface area (TPSA) is 29.1 Å². The summed E-state index contributed by atoms with van der Waals surface area (Å²) in [5.74, 6) is -2.45. The van der Waals surface area contributed by atoms with Crippen molar-refractivity contribution in [1.29, 1.82) is 0 Å². The first-order chi connectivity index (χ1) is 5.54. The van der Waals surface area contributed by atoms with Gasteiger partial charge >= 0.3 is 12.5 Å². The minimum atomic E-state index is -5.25. The Morgan fingerprint density at radius 1 is 1.15 bits per heavy atom. The van der Waals surface area contributed by atoms with Gasteiger partial charge in [0.25, 0.3) is 5.78 Å². The van der Waals surface area contributed by atoms with E-state index in [1.807, 2.05) is 0 Å². The Balaban J connectivity index is 4.30. The van der Waals surface area contributed by atoms with E-state index >= 15 is 0 Å². The van der Waals surface area contributed by atoms with Crippen molar-refractivity contribution in [1.82, 2.24) is 5.32 Å². The zero-order valence-corrected chi connectivity index (χ0v) is 6.25. The fraction of sp³-hybridized carbons (Fsp3) is 0.800. The fourth-order valence-electron chi connectivity index (χ4n) is 0.557. The van der Waals surface area contributed by atoms with Gasteiger partial charge in [0, 0.05) is 0 Å². The van der Waals surface area contributed by atoms with Gasteiger partial charge in [-0.1, -0.05) is 0 Å². The first-order valence-corrected chi connectivity index (χ1v) is 2.99. The van der Waals surface area contributed by atoms with Crippen LogP contribution in [-0.2, 0) is 4.79 Å². The van der Waals surface area contributed by atoms with Crippen molar-refractivity contribution in [3.8, 4) is 0 Å². The van der Waals surface area contributed by atoms with Crippen molar-refractivity contribution in [2.45, 2.75) is 25.4 Å². The molecule has 0 aromatic carbocycles. The highest BCUT2D eigenvalue weighted by Crippen LogP contribution is 2.20. The van der Waals surface area contributed by atoms with E-state index in [1.165, 1.54) is 0 Å². The summed E-state index contributed by atoms with van der Waals surface area (Å²) in [5, 5.41) is 0.556. The third-order valence-corrected chi connectivity index (χ3v) is 1.05. The molecule has 0 saturated heterocycles. The molecule has 0 aromatic heterocycles. The Bertz CT molecular complexity index is 194. The first-order valence-electron chi connectivity index (χ1n) is 2.99. The van der Waals surface area contributed by atoms with E-state index in [-0.39, 0.29) is 0 Å². The molecule has 0 aromatic rings. The second kappa shape index (κ2) is 3.52. The lowest BCUT2D eigenvalue weighted by Crippen LogP contribution is -2.48. The predicted molar refractivity (Wildman–Crippen MR) is 29.7 cm³/mol. The molecule has 0 saturated carbocycles. The van der Waals surface area contributed by atoms with Gasteiger partial charge in [-0.25, -0.2) is 5.32 Å². The van der Waals surface area contributed by atoms with Gasteiger partial charge in [-0.05, 0) is 6.92 Å². The van der Waals surface area contributed by atoms with Crippen LogP contribution in [0.2, 0.25) is 0 Å². The van der Waals surface area contributed by atoms with Gasteiger partial charge in [0.1, 0.15) is 0 Å². The zero-order chi connectivity index (χ0) is 10.9. The van der Waals surface area contributed by atoms with Gasteiger partial charge in [-0.3, -0.25) is 4.79 Å². The van der Waals surface area contributed by atoms with E-state index in [0.29, 0.717) is 12.2 Å². The molecule has 0 fully saturated rings. The third-order valence-electron chi connectivity index (χ3n) is 1.05. The van der Waals surface area contributed by atoms with E-state index in [0.717, 1.165) is 0 Å². The fourth-order valence-corrected chi connectivity index (χ4v) is 0.557. The van der Waals surface area contributed by atoms with Gasteiger partial charge < -0.3 is 0 Å². The molecule has 0 amide bonds. The summed E-state index contributed by atoms with van der Waals surface area (Å²) < 4.78 is 68.8. The molecule has 0 heterocycles. The van der Waals surface area contributed by atoms with Gasteiger partial charge in [0.05, 0.1) is 6.04 Å². The molecular formula is C5H5F6NO. The van der Waals surface area contributed by atoms with Gasteiger partial charge in [-0.15, -0.1) is 0 Å². The standard InChI is InChI=1S/C5H5F6NO/c1-2(12-5(9,10)11)3(13)4(6,7)8/h2,12H,1H3. The van der Waals surface area contributed by atoms with E-state index in [4.69, 9.17) is 0 Å². The number of ketones is 1. The molecule has 0 aliphatic heterocycles. The van der Waals surface area contributed by atoms with Crippen molar-refractivity contribution >= 4 is 5.78 Å². The Morgan fingerprint density at radius 2 is 1.54 bits per heavy atom. The molecule has 1 N–H and O–H groups in total. The molecule has 0 rings (SSSR count). The number of Topliss-reactive ketones (excluding diaryl/α,β-unsaturated/α-hetero) is 1. The molecule has 2 nitrogen and oxygen atoms in total. The summed E-state index contributed by atoms with van der Waals surface area (Å²) in [7, 11) is 0. The largest absolute Gasteiger partial charge is 0.457 e. The monoisotopic (exact) mass is 209 g/mol. The van der Waals surface area contributed by atoms with Crippen LogP contribution < -0.4 is 5.32 Å². The van der Waals surface area contributed by atoms with E-state index in [2.05, 4.69) is 0 Å². The molecule has 0 radical (unpaired) electrons. The van der Waals surface area contributed by atoms with Crippen molar-refractivity contribution in [2.24, 2.45) is 0 Å². The number of carbonyl (C=O) groups excluding carboxylic acids is 1. The molecule has 1 atom stereocenters. The molecule has 1 unspecified atom stereocenters. The molecule has 8 heteroatoms. The Morgan fingerprint density at radius 3 is 1.77 bits per heavy atom. The number of rotatable bonds is 2. The van der Waals surface area contributed by atoms with Crippen molar-refractivity contribution in [2.75, 3.05) is 0 Å². The Labute approximate surface area is 68.9 Å². The number of carbonyl (C=O) groups is 1. The van der Waals surface area contributed by atoms with Crippen LogP contribution in [0.25, 0.3) is 0 Å². The lowest BCUT2D eigenvalue weighted by Gasteiger charge is -2.16. The summed E-state index contributed by atoms with van der Waals surface area (Å²) in [6, 6.07) is -2.32. The maximum atomic E-state index is 11.5. The van der Waals surface area contributed by atoms with E-state index in [1.54, 1.807) is 0 Å². The average Bonchev–Trinajstić information content (AvgIpc) is 1.79. The van der Waals surface area contributed by atoms with Crippen molar-refractivity contribution in [3.05, 3.63) is 0 Å². The second-order valence-corrected chi connectivity index (χ2v) is 2.23. The second-order valence-electron chi connectivity index (χ2n) is 2.23. The van der Waals surface area contributed by atoms with Crippen LogP contribution in [0.5, 0.6) is 0 Å². The Kier molecular flexibility index (Phi) is 3.31. The van der Waals surface area contributed by atoms with Gasteiger partial charge in [0.15, 0.2) is 0 Å². The quantitative estimate of drug-likeness (QED) is 0.553. The Hall–Kier alpha value is -0.790. The molecule has 78 valence electrons. The minimum Gasteiger partial charge on any atom is -0.288 e. The smallest absolute Gasteiger partial charge is 0.288 e. The van der Waals surface area contributed by atoms with Crippen LogP contribution >= 0.6 is 0 Å². The average molecular weight is 209 g/mol. The lowest BCUT2D eigenvalue weighted by molar-refractivity contribution is -0.187. The first kappa shape index (κ1) is 12.2. The number of nitrogens with one attached hydrogen (secondary N) is 1. The highest BCUT2D eigenvalue weighted by Gasteiger charge is 2.44. The summed E-state index contributed by atoms with van der Waals surface area (Å²) in [6.07, 6.45) is -10.3. The molecular weight excluding hydrogens is 204 g/mol. The van der Waals surface area contributed by atoms with E-state index < -0.39 is 24.3 Å². The maximum Gasteiger partial charge on any atom is 0.457 e. The van der Waals surface area contributed by atoms with E-state index in [9.17, 15) is 31.1 Å². The minimum absolute atomic E-state index is 0.489. The van der Waals surface area contributed by atoms with Crippen molar-refractivity contribution in [3.63, 3.8) is 0 Å². The van der Waals surface area contributed by atoms with Crippen LogP contribution in [0.15, 0.2) is 0 Å². The molecule has 0 aliphatic carbocycles. The number of alkyl halides is 6. The zero-order valence-electron chi connectivity index (χ0n) is 6.25. The van der Waals surface area contributed by atoms with Crippen LogP contribution in [0.4, 0.5) is 26.3 Å². The van der Waals surface area contributed by atoms with Crippen LogP contribution in [0, 0.1) is 0 Å². The number of halogens is 6. The summed E-state index contributed by atoms with van der Waals surface area (Å²) in [4.78, 5) is 10.2. The molecule has 13 heavy (non-hydrogen) atoms. The number of hydrogen-bond acceptors (Lipinski definition) is 2. The molecule has 0 aliphatic rings. The van der Waals surface area contributed by atoms with Crippen LogP contribution in [0.1, 0.15) is 6.92 Å². The van der Waals surface area contributed by atoms with Gasteiger partial charge in [-0.2, -0.15) is 26.3 Å². The summed E-state index contributed by atoms with van der Waals surface area (Å²) in [5.41, 5.74) is 0. The molecule has 0 spiro atoms. The maximum absolute atomic E-state index is 11.5. The van der Waals surface area contributed by atoms with Crippen molar-refractivity contribution < 1.29 is 31.1 Å². The van der Waals surface area contributed by atoms with Crippen LogP contribution in [0.3, 0.4) is 0 Å². The molecule has 0 bridgehead atoms. The summed E-state index contributed by atoms with van der Waals surface area (Å²) in [6.45, 7) is 0.489. The van der Waals surface area contributed by atoms with Crippen LogP contribution in [-0.4, -0.2) is 24.3 Å². The third kappa shape index (κ3) is 4.71. The highest BCUT2D eigenvalue weighted by molar-refractivity contribution is 5.88. The lowest BCUT2D eigenvalue weighted by atomic mass is 10.2. The van der Waals surface area contributed by atoms with Gasteiger partial charge in [0.2, 0.25) is 0 Å². The SMILES string of the molecule is CC(NC(F)(F)F)C(=O)C(F)(F)F. The highest BCUT2D eigenvalue weighted by atomic mass is 19.4. The normalized spacial score (nSPS) is 15.6. The summed E-state index contributed by atoms with van der Waals surface area (Å²) >= 11 is 0. The number of hydrogen-bond donors (Lipinski definition) is 1. The predicted octanol–water partition coefficient (Wildman–Crippen LogP) is 1.62.